The molecule has 0 saturated heterocycles. The van der Waals surface area contributed by atoms with Crippen LogP contribution in [0.15, 0.2) is 24.3 Å². The Bertz CT molecular complexity index is 409. The van der Waals surface area contributed by atoms with Crippen molar-refractivity contribution in [2.24, 2.45) is 11.8 Å². The van der Waals surface area contributed by atoms with Crippen molar-refractivity contribution in [3.05, 3.63) is 29.8 Å². The molecule has 0 fully saturated rings. The van der Waals surface area contributed by atoms with Crippen molar-refractivity contribution in [2.45, 2.75) is 46.6 Å². The minimum atomic E-state index is -0.440. The molecule has 0 bridgehead atoms. The summed E-state index contributed by atoms with van der Waals surface area (Å²) in [5.74, 6) is 1.92. The summed E-state index contributed by atoms with van der Waals surface area (Å²) in [7, 11) is 0. The molecule has 0 aliphatic heterocycles. The highest BCUT2D eigenvalue weighted by atomic mass is 16.5. The third-order valence-corrected chi connectivity index (χ3v) is 3.60. The van der Waals surface area contributed by atoms with E-state index in [0.29, 0.717) is 24.9 Å². The van der Waals surface area contributed by atoms with Gasteiger partial charge < -0.3 is 9.84 Å². The lowest BCUT2D eigenvalue weighted by atomic mass is 9.92. The molecule has 0 radical (unpaired) electrons. The molecule has 0 spiro atoms. The smallest absolute Gasteiger partial charge is 0.134 e. The predicted octanol–water partition coefficient (Wildman–Crippen LogP) is 3.24. The van der Waals surface area contributed by atoms with Crippen LogP contribution in [0.25, 0.3) is 0 Å². The van der Waals surface area contributed by atoms with Gasteiger partial charge in [-0.15, -0.1) is 0 Å². The molecule has 0 aliphatic carbocycles. The lowest BCUT2D eigenvalue weighted by Gasteiger charge is -2.19. The van der Waals surface area contributed by atoms with Gasteiger partial charge in [0.05, 0.1) is 6.10 Å². The van der Waals surface area contributed by atoms with E-state index < -0.39 is 6.10 Å². The summed E-state index contributed by atoms with van der Waals surface area (Å²) in [5.41, 5.74) is 0.985. The van der Waals surface area contributed by atoms with E-state index in [1.54, 1.807) is 6.92 Å². The monoisotopic (exact) mass is 278 g/mol. The van der Waals surface area contributed by atoms with E-state index >= 15 is 0 Å². The number of carbonyl (C=O) groups is 1. The minimum absolute atomic E-state index is 0.150. The summed E-state index contributed by atoms with van der Waals surface area (Å²) in [6.07, 6.45) is 0.763. The molecule has 0 heterocycles. The average Bonchev–Trinajstić information content (AvgIpc) is 2.37. The first-order valence-corrected chi connectivity index (χ1v) is 7.27. The predicted molar refractivity (Wildman–Crippen MR) is 80.9 cm³/mol. The molecule has 20 heavy (non-hydrogen) atoms. The molecule has 1 aromatic rings. The van der Waals surface area contributed by atoms with Crippen molar-refractivity contribution in [2.75, 3.05) is 6.61 Å². The lowest BCUT2D eigenvalue weighted by molar-refractivity contribution is -0.116. The first kappa shape index (κ1) is 16.7. The van der Waals surface area contributed by atoms with Crippen LogP contribution >= 0.6 is 0 Å². The van der Waals surface area contributed by atoms with Crippen molar-refractivity contribution in [3.63, 3.8) is 0 Å². The molecule has 112 valence electrons. The van der Waals surface area contributed by atoms with Crippen LogP contribution in [-0.4, -0.2) is 23.6 Å². The second kappa shape index (κ2) is 8.05. The SMILES string of the molecule is CC(=O)Cc1ccc(OCC(O)CC(C)C(C)C)cc1. The van der Waals surface area contributed by atoms with Gasteiger partial charge in [0.2, 0.25) is 0 Å². The van der Waals surface area contributed by atoms with Gasteiger partial charge in [0.15, 0.2) is 0 Å². The van der Waals surface area contributed by atoms with E-state index in [-0.39, 0.29) is 5.78 Å². The van der Waals surface area contributed by atoms with Gasteiger partial charge >= 0.3 is 0 Å². The van der Waals surface area contributed by atoms with Gasteiger partial charge in [0, 0.05) is 6.42 Å². The molecule has 1 N–H and O–H groups in total. The number of hydrogen-bond donors (Lipinski definition) is 1. The maximum absolute atomic E-state index is 11.0. The van der Waals surface area contributed by atoms with Crippen molar-refractivity contribution in [1.82, 2.24) is 0 Å². The van der Waals surface area contributed by atoms with Crippen molar-refractivity contribution in [3.8, 4) is 5.75 Å². The van der Waals surface area contributed by atoms with E-state index in [9.17, 15) is 9.90 Å². The Labute approximate surface area is 122 Å². The molecule has 0 aliphatic rings. The number of Topliss-reactive ketones (excluding diaryl/α,β-unsaturated/α-hetero) is 1. The summed E-state index contributed by atoms with van der Waals surface area (Å²) >= 11 is 0. The number of benzene rings is 1. The summed E-state index contributed by atoms with van der Waals surface area (Å²) in [4.78, 5) is 11.0. The molecular formula is C17H26O3. The fraction of sp³-hybridized carbons (Fsp3) is 0.588. The number of hydrogen-bond acceptors (Lipinski definition) is 3. The molecule has 3 nitrogen and oxygen atoms in total. The Kier molecular flexibility index (Phi) is 6.73. The number of ether oxygens (including phenoxy) is 1. The van der Waals surface area contributed by atoms with Gasteiger partial charge in [-0.1, -0.05) is 32.9 Å². The number of ketones is 1. The zero-order valence-electron chi connectivity index (χ0n) is 12.9. The highest BCUT2D eigenvalue weighted by molar-refractivity contribution is 5.78. The Morgan fingerprint density at radius 2 is 1.80 bits per heavy atom. The summed E-state index contributed by atoms with van der Waals surface area (Å²) in [5, 5.41) is 9.93. The fourth-order valence-electron chi connectivity index (χ4n) is 1.95. The van der Waals surface area contributed by atoms with Gasteiger partial charge in [-0.2, -0.15) is 0 Å². The first-order chi connectivity index (χ1) is 9.38. The summed E-state index contributed by atoms with van der Waals surface area (Å²) in [6, 6.07) is 7.47. The highest BCUT2D eigenvalue weighted by Crippen LogP contribution is 2.18. The molecule has 3 heteroatoms. The molecule has 2 atom stereocenters. The Hall–Kier alpha value is -1.35. The maximum Gasteiger partial charge on any atom is 0.134 e. The van der Waals surface area contributed by atoms with E-state index in [1.165, 1.54) is 0 Å². The Morgan fingerprint density at radius 1 is 1.20 bits per heavy atom. The van der Waals surface area contributed by atoms with Crippen LogP contribution in [0.2, 0.25) is 0 Å². The van der Waals surface area contributed by atoms with Crippen LogP contribution in [0.1, 0.15) is 39.7 Å². The van der Waals surface area contributed by atoms with Crippen molar-refractivity contribution >= 4 is 5.78 Å². The van der Waals surface area contributed by atoms with E-state index in [0.717, 1.165) is 17.7 Å². The second-order valence-corrected chi connectivity index (χ2v) is 5.94. The fourth-order valence-corrected chi connectivity index (χ4v) is 1.95. The van der Waals surface area contributed by atoms with E-state index in [4.69, 9.17) is 4.74 Å². The van der Waals surface area contributed by atoms with E-state index in [1.807, 2.05) is 24.3 Å². The molecule has 2 unspecified atom stereocenters. The number of aliphatic hydroxyl groups excluding tert-OH is 1. The normalized spacial score (nSPS) is 14.1. The van der Waals surface area contributed by atoms with Gasteiger partial charge in [-0.05, 0) is 42.9 Å². The molecule has 0 amide bonds. The van der Waals surface area contributed by atoms with Crippen LogP contribution in [-0.2, 0) is 11.2 Å². The highest BCUT2D eigenvalue weighted by Gasteiger charge is 2.14. The topological polar surface area (TPSA) is 46.5 Å². The van der Waals surface area contributed by atoms with E-state index in [2.05, 4.69) is 20.8 Å². The number of rotatable bonds is 8. The summed E-state index contributed by atoms with van der Waals surface area (Å²) in [6.45, 7) is 8.35. The van der Waals surface area contributed by atoms with Crippen molar-refractivity contribution < 1.29 is 14.6 Å². The van der Waals surface area contributed by atoms with Crippen LogP contribution in [0.4, 0.5) is 0 Å². The van der Waals surface area contributed by atoms with Crippen LogP contribution in [0.5, 0.6) is 5.75 Å². The molecule has 0 aromatic heterocycles. The van der Waals surface area contributed by atoms with Gasteiger partial charge in [0.1, 0.15) is 18.1 Å². The third-order valence-electron chi connectivity index (χ3n) is 3.60. The average molecular weight is 278 g/mol. The standard InChI is InChI=1S/C17H26O3/c1-12(2)13(3)9-16(19)11-20-17-7-5-15(6-8-17)10-14(4)18/h5-8,12-13,16,19H,9-11H2,1-4H3. The minimum Gasteiger partial charge on any atom is -0.491 e. The summed E-state index contributed by atoms with van der Waals surface area (Å²) < 4.78 is 5.57. The molecule has 1 rings (SSSR count). The zero-order valence-corrected chi connectivity index (χ0v) is 12.9. The zero-order chi connectivity index (χ0) is 15.1. The molecule has 1 aromatic carbocycles. The largest absolute Gasteiger partial charge is 0.491 e. The van der Waals surface area contributed by atoms with Gasteiger partial charge in [-0.3, -0.25) is 4.79 Å². The third kappa shape index (κ3) is 6.20. The maximum atomic E-state index is 11.0. The van der Waals surface area contributed by atoms with Gasteiger partial charge in [-0.25, -0.2) is 0 Å². The Morgan fingerprint density at radius 3 is 2.30 bits per heavy atom. The lowest BCUT2D eigenvalue weighted by Crippen LogP contribution is -2.22. The van der Waals surface area contributed by atoms with Crippen LogP contribution in [0.3, 0.4) is 0 Å². The number of aliphatic hydroxyl groups is 1. The first-order valence-electron chi connectivity index (χ1n) is 7.27. The quantitative estimate of drug-likeness (QED) is 0.794. The van der Waals surface area contributed by atoms with Gasteiger partial charge in [0.25, 0.3) is 0 Å². The van der Waals surface area contributed by atoms with Crippen LogP contribution in [0, 0.1) is 11.8 Å². The molecule has 0 saturated carbocycles. The Balaban J connectivity index is 2.39. The second-order valence-electron chi connectivity index (χ2n) is 5.94. The number of carbonyl (C=O) groups excluding carboxylic acids is 1. The van der Waals surface area contributed by atoms with Crippen molar-refractivity contribution in [1.29, 1.82) is 0 Å². The molecular weight excluding hydrogens is 252 g/mol. The van der Waals surface area contributed by atoms with Crippen LogP contribution < -0.4 is 4.74 Å².